The van der Waals surface area contributed by atoms with Crippen LogP contribution in [-0.2, 0) is 10.1 Å². The van der Waals surface area contributed by atoms with Crippen molar-refractivity contribution >= 4 is 40.5 Å². The third kappa shape index (κ3) is 10.4. The van der Waals surface area contributed by atoms with Crippen molar-refractivity contribution in [2.45, 2.75) is 19.3 Å². The van der Waals surface area contributed by atoms with Gasteiger partial charge in [0.1, 0.15) is 6.29 Å². The normalized spacial score (nSPS) is 11.2. The lowest BCUT2D eigenvalue weighted by molar-refractivity contribution is 0.112. The molecule has 12 heteroatoms. The zero-order valence-electron chi connectivity index (χ0n) is 15.1. The molecule has 0 saturated heterocycles. The van der Waals surface area contributed by atoms with Crippen LogP contribution in [0.15, 0.2) is 12.1 Å². The van der Waals surface area contributed by atoms with Gasteiger partial charge >= 0.3 is 0 Å². The number of hydrogen-bond donors (Lipinski definition) is 3. The molecular formula is C16H24O9S3. The van der Waals surface area contributed by atoms with E-state index in [0.29, 0.717) is 54.7 Å². The second-order valence-electron chi connectivity index (χ2n) is 5.52. The first-order valence-corrected chi connectivity index (χ1v) is 11.9. The topological polar surface area (TPSA) is 140 Å². The van der Waals surface area contributed by atoms with Crippen molar-refractivity contribution in [3.05, 3.63) is 17.7 Å². The van der Waals surface area contributed by atoms with E-state index in [4.69, 9.17) is 27.9 Å². The molecule has 0 heterocycles. The van der Waals surface area contributed by atoms with Gasteiger partial charge in [0.05, 0.1) is 25.6 Å². The maximum Gasteiger partial charge on any atom is 0.264 e. The second kappa shape index (κ2) is 13.9. The summed E-state index contributed by atoms with van der Waals surface area (Å²) in [5, 5.41) is 0. The van der Waals surface area contributed by atoms with Crippen LogP contribution in [0, 0.1) is 0 Å². The minimum absolute atomic E-state index is 0.0223. The zero-order valence-corrected chi connectivity index (χ0v) is 17.6. The van der Waals surface area contributed by atoms with E-state index in [1.54, 1.807) is 0 Å². The lowest BCUT2D eigenvalue weighted by Gasteiger charge is -2.17. The Morgan fingerprint density at radius 3 is 1.86 bits per heavy atom. The third-order valence-corrected chi connectivity index (χ3v) is 4.99. The van der Waals surface area contributed by atoms with Crippen molar-refractivity contribution in [2.75, 3.05) is 37.1 Å². The predicted molar refractivity (Wildman–Crippen MR) is 109 cm³/mol. The summed E-state index contributed by atoms with van der Waals surface area (Å²) in [5.74, 6) is 1.26. The Bertz CT molecular complexity index is 695. The summed E-state index contributed by atoms with van der Waals surface area (Å²) < 4.78 is 64.9. The highest BCUT2D eigenvalue weighted by atomic mass is 32.2. The Morgan fingerprint density at radius 2 is 1.39 bits per heavy atom. The number of rotatable bonds is 16. The number of aldehydes is 1. The van der Waals surface area contributed by atoms with E-state index < -0.39 is 15.9 Å². The van der Waals surface area contributed by atoms with Crippen molar-refractivity contribution in [2.24, 2.45) is 0 Å². The summed E-state index contributed by atoms with van der Waals surface area (Å²) in [6.45, 7) is 0.519. The Morgan fingerprint density at radius 1 is 0.893 bits per heavy atom. The van der Waals surface area contributed by atoms with E-state index in [1.807, 2.05) is 0 Å². The highest BCUT2D eigenvalue weighted by Crippen LogP contribution is 2.39. The average molecular weight is 457 g/mol. The number of hydrogen-bond acceptors (Lipinski definition) is 10. The van der Waals surface area contributed by atoms with Crippen molar-refractivity contribution in [3.63, 3.8) is 0 Å². The maximum absolute atomic E-state index is 11.2. The molecule has 0 aliphatic carbocycles. The third-order valence-electron chi connectivity index (χ3n) is 3.25. The van der Waals surface area contributed by atoms with Crippen LogP contribution in [-0.4, -0.2) is 65.4 Å². The molecule has 0 aliphatic heterocycles. The molecule has 0 bridgehead atoms. The van der Waals surface area contributed by atoms with Gasteiger partial charge in [0, 0.05) is 17.1 Å². The summed E-state index contributed by atoms with van der Waals surface area (Å²) in [6, 6.07) is 2.95. The van der Waals surface area contributed by atoms with Crippen LogP contribution in [0.5, 0.6) is 17.2 Å². The van der Waals surface area contributed by atoms with Gasteiger partial charge in [-0.05, 0) is 55.5 Å². The van der Waals surface area contributed by atoms with E-state index in [2.05, 4.69) is 0 Å². The van der Waals surface area contributed by atoms with Crippen LogP contribution in [0.4, 0.5) is 0 Å². The highest BCUT2D eigenvalue weighted by molar-refractivity contribution is 7.93. The Kier molecular flexibility index (Phi) is 12.3. The molecule has 1 aromatic rings. The highest BCUT2D eigenvalue weighted by Gasteiger charge is 2.16. The Balaban J connectivity index is 2.93. The molecule has 0 aliphatic rings. The summed E-state index contributed by atoms with van der Waals surface area (Å²) >= 11 is 1.39. The van der Waals surface area contributed by atoms with Crippen LogP contribution >= 0.6 is 24.1 Å². The van der Waals surface area contributed by atoms with Gasteiger partial charge in [-0.3, -0.25) is 9.35 Å². The van der Waals surface area contributed by atoms with E-state index >= 15 is 0 Å². The largest absolute Gasteiger partial charge is 0.489 e. The molecular weight excluding hydrogens is 432 g/mol. The summed E-state index contributed by atoms with van der Waals surface area (Å²) in [5.41, 5.74) is 0.287. The SMILES string of the molecule is O=Cc1cc(OCCCSO)c(OCCCSO)c(OCCCS(=O)(=O)O)c1. The van der Waals surface area contributed by atoms with Crippen LogP contribution in [0.2, 0.25) is 0 Å². The zero-order chi connectivity index (χ0) is 20.8. The second-order valence-corrected chi connectivity index (χ2v) is 8.43. The fourth-order valence-corrected chi connectivity index (χ4v) is 3.02. The van der Waals surface area contributed by atoms with E-state index in [-0.39, 0.29) is 49.1 Å². The van der Waals surface area contributed by atoms with Gasteiger partial charge in [-0.15, -0.1) is 0 Å². The maximum atomic E-state index is 11.2. The lowest BCUT2D eigenvalue weighted by Crippen LogP contribution is -2.10. The molecule has 0 spiro atoms. The molecule has 0 atom stereocenters. The quantitative estimate of drug-likeness (QED) is 0.146. The van der Waals surface area contributed by atoms with Gasteiger partial charge in [-0.1, -0.05) is 0 Å². The minimum atomic E-state index is -4.09. The van der Waals surface area contributed by atoms with Gasteiger partial charge in [-0.2, -0.15) is 8.42 Å². The molecule has 160 valence electrons. The first-order chi connectivity index (χ1) is 13.4. The molecule has 0 amide bonds. The fraction of sp³-hybridized carbons (Fsp3) is 0.562. The molecule has 0 radical (unpaired) electrons. The number of ether oxygens (including phenoxy) is 3. The van der Waals surface area contributed by atoms with Gasteiger partial charge in [-0.25, -0.2) is 0 Å². The summed E-state index contributed by atoms with van der Waals surface area (Å²) in [7, 11) is -4.09. The van der Waals surface area contributed by atoms with E-state index in [9.17, 15) is 13.2 Å². The molecule has 9 nitrogen and oxygen atoms in total. The summed E-state index contributed by atoms with van der Waals surface area (Å²) in [4.78, 5) is 11.2. The van der Waals surface area contributed by atoms with Crippen molar-refractivity contribution in [1.29, 1.82) is 0 Å². The average Bonchev–Trinajstić information content (AvgIpc) is 2.65. The van der Waals surface area contributed by atoms with Crippen molar-refractivity contribution in [1.82, 2.24) is 0 Å². The van der Waals surface area contributed by atoms with Gasteiger partial charge < -0.3 is 23.3 Å². The standard InChI is InChI=1S/C16H24O9S3/c17-12-13-10-14(23-4-1-7-26-18)16(25-5-2-8-27-19)15(11-13)24-6-3-9-28(20,21)22/h10-12,18-19H,1-9H2,(H,20,21,22). The molecule has 0 aromatic heterocycles. The molecule has 0 saturated carbocycles. The lowest BCUT2D eigenvalue weighted by atomic mass is 10.2. The Hall–Kier alpha value is -1.18. The fourth-order valence-electron chi connectivity index (χ4n) is 2.05. The molecule has 28 heavy (non-hydrogen) atoms. The van der Waals surface area contributed by atoms with Gasteiger partial charge in [0.15, 0.2) is 11.5 Å². The number of benzene rings is 1. The van der Waals surface area contributed by atoms with Crippen molar-refractivity contribution in [3.8, 4) is 17.2 Å². The van der Waals surface area contributed by atoms with Gasteiger partial charge in [0.25, 0.3) is 10.1 Å². The molecule has 1 aromatic carbocycles. The molecule has 3 N–H and O–H groups in total. The van der Waals surface area contributed by atoms with Crippen LogP contribution in [0.1, 0.15) is 29.6 Å². The van der Waals surface area contributed by atoms with Crippen LogP contribution in [0.25, 0.3) is 0 Å². The van der Waals surface area contributed by atoms with E-state index in [0.717, 1.165) is 0 Å². The first-order valence-electron chi connectivity index (χ1n) is 8.40. The van der Waals surface area contributed by atoms with E-state index in [1.165, 1.54) is 12.1 Å². The first kappa shape index (κ1) is 24.9. The van der Waals surface area contributed by atoms with Crippen LogP contribution < -0.4 is 14.2 Å². The molecule has 1 rings (SSSR count). The minimum Gasteiger partial charge on any atom is -0.489 e. The summed E-state index contributed by atoms with van der Waals surface area (Å²) in [6.07, 6.45) is 1.79. The smallest absolute Gasteiger partial charge is 0.264 e. The predicted octanol–water partition coefficient (Wildman–Crippen LogP) is 3.11. The van der Waals surface area contributed by atoms with Gasteiger partial charge in [0.2, 0.25) is 5.75 Å². The van der Waals surface area contributed by atoms with Crippen LogP contribution in [0.3, 0.4) is 0 Å². The number of carbonyl (C=O) groups excluding carboxylic acids is 1. The molecule has 0 unspecified atom stereocenters. The monoisotopic (exact) mass is 456 g/mol. The number of carbonyl (C=O) groups is 1. The Labute approximate surface area is 172 Å². The molecule has 0 fully saturated rings. The van der Waals surface area contributed by atoms with Crippen molar-refractivity contribution < 1.29 is 41.1 Å².